The molecule has 1 heterocycles. The fourth-order valence-electron chi connectivity index (χ4n) is 3.09. The molecular formula is C25H26N2O3. The van der Waals surface area contributed by atoms with Gasteiger partial charge in [0.1, 0.15) is 11.4 Å². The molecule has 30 heavy (non-hydrogen) atoms. The molecule has 0 atom stereocenters. The summed E-state index contributed by atoms with van der Waals surface area (Å²) in [4.78, 5) is 17.7. The molecule has 0 amide bonds. The number of carbonyl (C=O) groups excluding carboxylic acids is 1. The summed E-state index contributed by atoms with van der Waals surface area (Å²) in [7, 11) is 0. The zero-order chi connectivity index (χ0) is 21.2. The van der Waals surface area contributed by atoms with E-state index in [0.717, 1.165) is 22.4 Å². The second kappa shape index (κ2) is 10.9. The molecule has 0 aliphatic carbocycles. The lowest BCUT2D eigenvalue weighted by Gasteiger charge is -2.17. The first-order valence-electron chi connectivity index (χ1n) is 10.00. The molecule has 5 heteroatoms. The van der Waals surface area contributed by atoms with E-state index in [2.05, 4.69) is 11.9 Å². The molecule has 0 saturated carbocycles. The van der Waals surface area contributed by atoms with Crippen LogP contribution in [0.2, 0.25) is 0 Å². The van der Waals surface area contributed by atoms with E-state index in [1.807, 2.05) is 66.7 Å². The van der Waals surface area contributed by atoms with Crippen LogP contribution < -0.4 is 5.32 Å². The molecule has 0 unspecified atom stereocenters. The smallest absolute Gasteiger partial charge is 0.342 e. The second-order valence-corrected chi connectivity index (χ2v) is 6.52. The number of aromatic nitrogens is 1. The zero-order valence-corrected chi connectivity index (χ0v) is 17.1. The van der Waals surface area contributed by atoms with Crippen molar-refractivity contribution in [1.82, 2.24) is 4.98 Å². The fraction of sp³-hybridized carbons (Fsp3) is 0.200. The quantitative estimate of drug-likeness (QED) is 0.287. The third-order valence-electron chi connectivity index (χ3n) is 4.43. The van der Waals surface area contributed by atoms with E-state index >= 15 is 0 Å². The lowest BCUT2D eigenvalue weighted by Crippen LogP contribution is -2.16. The number of anilines is 1. The average molecular weight is 402 g/mol. The maximum absolute atomic E-state index is 12.9. The maximum Gasteiger partial charge on any atom is 0.342 e. The highest BCUT2D eigenvalue weighted by atomic mass is 16.5. The van der Waals surface area contributed by atoms with Crippen molar-refractivity contribution in [2.45, 2.75) is 6.92 Å². The summed E-state index contributed by atoms with van der Waals surface area (Å²) >= 11 is 0. The fourth-order valence-corrected chi connectivity index (χ4v) is 3.09. The molecule has 3 rings (SSSR count). The van der Waals surface area contributed by atoms with Gasteiger partial charge in [-0.2, -0.15) is 0 Å². The first-order chi connectivity index (χ1) is 14.7. The summed E-state index contributed by atoms with van der Waals surface area (Å²) < 4.78 is 10.8. The van der Waals surface area contributed by atoms with E-state index in [9.17, 15) is 4.79 Å². The number of ether oxygens (including phenoxy) is 2. The van der Waals surface area contributed by atoms with Crippen LogP contribution in [0.1, 0.15) is 17.3 Å². The molecule has 0 spiro atoms. The number of pyridine rings is 1. The molecule has 154 valence electrons. The minimum absolute atomic E-state index is 0.287. The predicted molar refractivity (Wildman–Crippen MR) is 121 cm³/mol. The van der Waals surface area contributed by atoms with Gasteiger partial charge in [-0.25, -0.2) is 9.78 Å². The van der Waals surface area contributed by atoms with Crippen LogP contribution in [0.4, 0.5) is 5.82 Å². The first-order valence-corrected chi connectivity index (χ1v) is 10.00. The Bertz CT molecular complexity index is 972. The van der Waals surface area contributed by atoms with E-state index in [0.29, 0.717) is 31.1 Å². The van der Waals surface area contributed by atoms with Gasteiger partial charge in [0.05, 0.1) is 25.5 Å². The Balaban J connectivity index is 2.10. The predicted octanol–water partition coefficient (Wildman–Crippen LogP) is 5.21. The van der Waals surface area contributed by atoms with Crippen LogP contribution in [0.5, 0.6) is 0 Å². The van der Waals surface area contributed by atoms with Gasteiger partial charge in [-0.15, -0.1) is 6.58 Å². The van der Waals surface area contributed by atoms with Crippen molar-refractivity contribution in [3.05, 3.63) is 84.9 Å². The normalized spacial score (nSPS) is 10.4. The molecule has 5 nitrogen and oxygen atoms in total. The Morgan fingerprint density at radius 3 is 2.37 bits per heavy atom. The van der Waals surface area contributed by atoms with Crippen molar-refractivity contribution >= 4 is 11.8 Å². The van der Waals surface area contributed by atoms with Gasteiger partial charge < -0.3 is 14.8 Å². The lowest BCUT2D eigenvalue weighted by molar-refractivity contribution is 0.0528. The highest BCUT2D eigenvalue weighted by Crippen LogP contribution is 2.33. The number of esters is 1. The summed E-state index contributed by atoms with van der Waals surface area (Å²) in [5.74, 6) is 0.0776. The van der Waals surface area contributed by atoms with Gasteiger partial charge in [0.15, 0.2) is 0 Å². The van der Waals surface area contributed by atoms with Gasteiger partial charge in [-0.05, 0) is 18.6 Å². The van der Waals surface area contributed by atoms with E-state index in [1.165, 1.54) is 0 Å². The van der Waals surface area contributed by atoms with E-state index < -0.39 is 5.97 Å². The summed E-state index contributed by atoms with van der Waals surface area (Å²) in [6.07, 6.45) is 1.70. The van der Waals surface area contributed by atoms with Gasteiger partial charge >= 0.3 is 5.97 Å². The van der Waals surface area contributed by atoms with Crippen molar-refractivity contribution in [3.8, 4) is 22.4 Å². The van der Waals surface area contributed by atoms with Gasteiger partial charge in [0.25, 0.3) is 0 Å². The van der Waals surface area contributed by atoms with Crippen molar-refractivity contribution in [2.75, 3.05) is 31.7 Å². The van der Waals surface area contributed by atoms with Crippen molar-refractivity contribution < 1.29 is 14.3 Å². The highest BCUT2D eigenvalue weighted by Gasteiger charge is 2.22. The third-order valence-corrected chi connectivity index (χ3v) is 4.43. The molecule has 0 radical (unpaired) electrons. The Labute approximate surface area is 177 Å². The van der Waals surface area contributed by atoms with Gasteiger partial charge in [0.2, 0.25) is 0 Å². The number of hydrogen-bond acceptors (Lipinski definition) is 5. The summed E-state index contributed by atoms with van der Waals surface area (Å²) in [5.41, 5.74) is 3.86. The van der Waals surface area contributed by atoms with E-state index in [4.69, 9.17) is 14.5 Å². The molecule has 0 saturated heterocycles. The number of nitrogens with one attached hydrogen (secondary N) is 1. The van der Waals surface area contributed by atoms with E-state index in [-0.39, 0.29) is 6.61 Å². The van der Waals surface area contributed by atoms with Crippen LogP contribution >= 0.6 is 0 Å². The molecule has 1 aromatic heterocycles. The third kappa shape index (κ3) is 5.33. The number of hydrogen-bond donors (Lipinski definition) is 1. The Morgan fingerprint density at radius 1 is 1.07 bits per heavy atom. The Kier molecular flexibility index (Phi) is 7.75. The molecule has 0 bridgehead atoms. The van der Waals surface area contributed by atoms with Crippen molar-refractivity contribution in [1.29, 1.82) is 0 Å². The summed E-state index contributed by atoms with van der Waals surface area (Å²) in [5, 5.41) is 3.26. The molecule has 0 aliphatic heterocycles. The molecule has 0 aliphatic rings. The topological polar surface area (TPSA) is 60.5 Å². The van der Waals surface area contributed by atoms with Crippen LogP contribution in [0.15, 0.2) is 79.4 Å². The van der Waals surface area contributed by atoms with E-state index in [1.54, 1.807) is 13.0 Å². The second-order valence-electron chi connectivity index (χ2n) is 6.52. The highest BCUT2D eigenvalue weighted by molar-refractivity contribution is 6.03. The van der Waals surface area contributed by atoms with Crippen LogP contribution in [0.25, 0.3) is 22.4 Å². The summed E-state index contributed by atoms with van der Waals surface area (Å²) in [6, 6.07) is 21.6. The molecule has 3 aromatic rings. The summed E-state index contributed by atoms with van der Waals surface area (Å²) in [6.45, 7) is 7.16. The molecular weight excluding hydrogens is 376 g/mol. The van der Waals surface area contributed by atoms with Gasteiger partial charge in [0, 0.05) is 17.7 Å². The van der Waals surface area contributed by atoms with Crippen LogP contribution in [0.3, 0.4) is 0 Å². The monoisotopic (exact) mass is 402 g/mol. The molecule has 0 fully saturated rings. The lowest BCUT2D eigenvalue weighted by atomic mass is 9.97. The minimum atomic E-state index is -0.405. The Morgan fingerprint density at radius 2 is 1.73 bits per heavy atom. The number of benzene rings is 2. The standard InChI is InChI=1S/C25H26N2O3/c1-3-16-29-17-15-26-24-23(25(28)30-4-2)21(19-11-7-5-8-12-19)18-22(27-24)20-13-9-6-10-14-20/h3,5-14,18H,1,4,15-17H2,2H3,(H,26,27). The van der Waals surface area contributed by atoms with Crippen molar-refractivity contribution in [2.24, 2.45) is 0 Å². The first kappa shape index (κ1) is 21.3. The molecule has 1 N–H and O–H groups in total. The average Bonchev–Trinajstić information content (AvgIpc) is 2.79. The maximum atomic E-state index is 12.9. The van der Waals surface area contributed by atoms with Crippen LogP contribution in [-0.4, -0.2) is 37.3 Å². The van der Waals surface area contributed by atoms with Gasteiger partial charge in [-0.3, -0.25) is 0 Å². The molecule has 2 aromatic carbocycles. The number of nitrogens with zero attached hydrogens (tertiary/aromatic N) is 1. The van der Waals surface area contributed by atoms with Crippen LogP contribution in [0, 0.1) is 0 Å². The van der Waals surface area contributed by atoms with Crippen molar-refractivity contribution in [3.63, 3.8) is 0 Å². The largest absolute Gasteiger partial charge is 0.462 e. The minimum Gasteiger partial charge on any atom is -0.462 e. The zero-order valence-electron chi connectivity index (χ0n) is 17.1. The SMILES string of the molecule is C=CCOCCNc1nc(-c2ccccc2)cc(-c2ccccc2)c1C(=O)OCC. The van der Waals surface area contributed by atoms with Crippen LogP contribution in [-0.2, 0) is 9.47 Å². The number of rotatable bonds is 10. The Hall–Kier alpha value is -3.44. The van der Waals surface area contributed by atoms with Gasteiger partial charge in [-0.1, -0.05) is 66.7 Å². The number of carbonyl (C=O) groups is 1.